The van der Waals surface area contributed by atoms with Crippen molar-refractivity contribution in [2.45, 2.75) is 43.9 Å². The van der Waals surface area contributed by atoms with Crippen molar-refractivity contribution in [3.05, 3.63) is 35.4 Å². The fourth-order valence-corrected chi connectivity index (χ4v) is 3.22. The van der Waals surface area contributed by atoms with E-state index in [0.717, 1.165) is 12.1 Å². The summed E-state index contributed by atoms with van der Waals surface area (Å²) in [6.45, 7) is 0.587. The number of carbonyl (C=O) groups excluding carboxylic acids is 3. The quantitative estimate of drug-likeness (QED) is 0.691. The van der Waals surface area contributed by atoms with Crippen molar-refractivity contribution >= 4 is 23.3 Å². The lowest BCUT2D eigenvalue weighted by atomic mass is 9.86. The summed E-state index contributed by atoms with van der Waals surface area (Å²) in [5.41, 5.74) is -2.58. The second-order valence-electron chi connectivity index (χ2n) is 6.95. The number of ketones is 1. The summed E-state index contributed by atoms with van der Waals surface area (Å²) >= 11 is 0. The normalized spacial score (nSPS) is 24.1. The first-order valence-electron chi connectivity index (χ1n) is 9.23. The van der Waals surface area contributed by atoms with Gasteiger partial charge in [0.1, 0.15) is 0 Å². The second kappa shape index (κ2) is 8.22. The molecule has 2 aliphatic heterocycles. The minimum atomic E-state index is -4.53. The third-order valence-electron chi connectivity index (χ3n) is 4.84. The lowest BCUT2D eigenvalue weighted by molar-refractivity contribution is -0.156. The monoisotopic (exact) mass is 411 g/mol. The van der Waals surface area contributed by atoms with Crippen LogP contribution >= 0.6 is 0 Å². The van der Waals surface area contributed by atoms with E-state index in [1.165, 1.54) is 12.1 Å². The number of halogens is 3. The maximum absolute atomic E-state index is 13.0. The van der Waals surface area contributed by atoms with Gasteiger partial charge in [-0.1, -0.05) is 17.3 Å². The Kier molecular flexibility index (Phi) is 5.90. The molecule has 29 heavy (non-hydrogen) atoms. The number of benzene rings is 1. The second-order valence-corrected chi connectivity index (χ2v) is 6.95. The highest BCUT2D eigenvalue weighted by molar-refractivity contribution is 6.16. The summed E-state index contributed by atoms with van der Waals surface area (Å²) in [6, 6.07) is 4.48. The van der Waals surface area contributed by atoms with E-state index >= 15 is 0 Å². The number of oxime groups is 1. The third kappa shape index (κ3) is 4.57. The molecular formula is C19H20F3N3O4. The van der Waals surface area contributed by atoms with E-state index in [9.17, 15) is 27.6 Å². The van der Waals surface area contributed by atoms with E-state index in [-0.39, 0.29) is 49.4 Å². The van der Waals surface area contributed by atoms with E-state index in [2.05, 4.69) is 15.8 Å². The maximum atomic E-state index is 13.0. The molecule has 2 amide bonds. The molecule has 1 fully saturated rings. The molecule has 1 unspecified atom stereocenters. The molecule has 2 aliphatic rings. The molecule has 156 valence electrons. The molecule has 1 spiro atoms. The molecule has 0 radical (unpaired) electrons. The van der Waals surface area contributed by atoms with Crippen molar-refractivity contribution in [2.24, 2.45) is 5.16 Å². The largest absolute Gasteiger partial charge is 0.416 e. The first-order valence-corrected chi connectivity index (χ1v) is 9.23. The van der Waals surface area contributed by atoms with Crippen LogP contribution in [0.2, 0.25) is 0 Å². The average molecular weight is 411 g/mol. The van der Waals surface area contributed by atoms with Crippen molar-refractivity contribution < 1.29 is 32.4 Å². The number of hydrogen-bond acceptors (Lipinski definition) is 5. The van der Waals surface area contributed by atoms with Gasteiger partial charge < -0.3 is 15.5 Å². The number of carbonyl (C=O) groups is 3. The minimum absolute atomic E-state index is 0.0874. The molecule has 1 aromatic carbocycles. The number of Topliss-reactive ketones (excluding diaryl/α,β-unsaturated/α-hetero) is 1. The number of amides is 2. The Labute approximate surface area is 164 Å². The fraction of sp³-hybridized carbons (Fsp3) is 0.474. The first kappa shape index (κ1) is 20.8. The molecule has 1 aromatic rings. The van der Waals surface area contributed by atoms with E-state index in [1.807, 2.05) is 0 Å². The van der Waals surface area contributed by atoms with Gasteiger partial charge in [0.25, 0.3) is 11.5 Å². The maximum Gasteiger partial charge on any atom is 0.416 e. The summed E-state index contributed by atoms with van der Waals surface area (Å²) in [4.78, 5) is 42.5. The Balaban J connectivity index is 1.83. The standard InChI is InChI=1S/C19H20F3N3O4/c20-19(21,22)13-5-1-4-12(10-13)14-11-18(29-25-14)15(26)6-2-7-16(27)23-8-3-9-24-17(18)28/h1,4-5,10H,2-3,6-9,11H2,(H,23,27)(H,24,28). The van der Waals surface area contributed by atoms with Crippen LogP contribution < -0.4 is 10.6 Å². The van der Waals surface area contributed by atoms with Crippen LogP contribution in [0.25, 0.3) is 0 Å². The lowest BCUT2D eigenvalue weighted by Gasteiger charge is -2.24. The van der Waals surface area contributed by atoms with E-state index in [1.54, 1.807) is 0 Å². The molecule has 0 bridgehead atoms. The van der Waals surface area contributed by atoms with E-state index < -0.39 is 29.0 Å². The average Bonchev–Trinajstić information content (AvgIpc) is 3.13. The minimum Gasteiger partial charge on any atom is -0.370 e. The highest BCUT2D eigenvalue weighted by Gasteiger charge is 2.52. The molecule has 1 atom stereocenters. The van der Waals surface area contributed by atoms with Crippen molar-refractivity contribution in [1.29, 1.82) is 0 Å². The van der Waals surface area contributed by atoms with Crippen LogP contribution in [0.5, 0.6) is 0 Å². The highest BCUT2D eigenvalue weighted by Crippen LogP contribution is 2.33. The number of nitrogens with zero attached hydrogens (tertiary/aromatic N) is 1. The van der Waals surface area contributed by atoms with Gasteiger partial charge in [-0.3, -0.25) is 14.4 Å². The molecule has 2 heterocycles. The van der Waals surface area contributed by atoms with Crippen LogP contribution in [0.1, 0.15) is 43.2 Å². The van der Waals surface area contributed by atoms with Crippen LogP contribution in [0.3, 0.4) is 0 Å². The molecule has 0 aromatic heterocycles. The lowest BCUT2D eigenvalue weighted by Crippen LogP contribution is -2.53. The molecule has 7 nitrogen and oxygen atoms in total. The Bertz CT molecular complexity index is 853. The zero-order chi connectivity index (χ0) is 21.1. The van der Waals surface area contributed by atoms with Gasteiger partial charge in [-0.2, -0.15) is 13.2 Å². The van der Waals surface area contributed by atoms with Gasteiger partial charge in [0.2, 0.25) is 5.91 Å². The van der Waals surface area contributed by atoms with Crippen LogP contribution in [-0.4, -0.2) is 42.0 Å². The van der Waals surface area contributed by atoms with Crippen LogP contribution in [0.15, 0.2) is 29.4 Å². The van der Waals surface area contributed by atoms with E-state index in [4.69, 9.17) is 4.84 Å². The smallest absolute Gasteiger partial charge is 0.370 e. The topological polar surface area (TPSA) is 96.9 Å². The number of alkyl halides is 3. The predicted molar refractivity (Wildman–Crippen MR) is 95.9 cm³/mol. The van der Waals surface area contributed by atoms with E-state index in [0.29, 0.717) is 13.0 Å². The number of rotatable bonds is 1. The van der Waals surface area contributed by atoms with Crippen molar-refractivity contribution in [2.75, 3.05) is 13.1 Å². The molecule has 3 rings (SSSR count). The van der Waals surface area contributed by atoms with Crippen LogP contribution in [-0.2, 0) is 25.4 Å². The molecule has 0 aliphatic carbocycles. The highest BCUT2D eigenvalue weighted by atomic mass is 19.4. The summed E-state index contributed by atoms with van der Waals surface area (Å²) in [7, 11) is 0. The zero-order valence-corrected chi connectivity index (χ0v) is 15.5. The Morgan fingerprint density at radius 3 is 2.55 bits per heavy atom. The predicted octanol–water partition coefficient (Wildman–Crippen LogP) is 1.94. The van der Waals surface area contributed by atoms with Gasteiger partial charge in [-0.05, 0) is 25.0 Å². The summed E-state index contributed by atoms with van der Waals surface area (Å²) in [5.74, 6) is -1.43. The van der Waals surface area contributed by atoms with Crippen molar-refractivity contribution in [3.63, 3.8) is 0 Å². The SMILES string of the molecule is O=C1CCCC(=O)C2(CC(c3cccc(C(F)(F)F)c3)=NO2)C(=O)NCCCN1. The number of nitrogens with one attached hydrogen (secondary N) is 2. The van der Waals surface area contributed by atoms with Crippen LogP contribution in [0, 0.1) is 0 Å². The molecular weight excluding hydrogens is 391 g/mol. The summed E-state index contributed by atoms with van der Waals surface area (Å²) in [6.07, 6.45) is -4.08. The number of hydrogen-bond donors (Lipinski definition) is 2. The Morgan fingerprint density at radius 2 is 1.79 bits per heavy atom. The molecule has 1 saturated heterocycles. The Morgan fingerprint density at radius 1 is 1.03 bits per heavy atom. The van der Waals surface area contributed by atoms with Crippen molar-refractivity contribution in [3.8, 4) is 0 Å². The van der Waals surface area contributed by atoms with Crippen LogP contribution in [0.4, 0.5) is 13.2 Å². The van der Waals surface area contributed by atoms with Gasteiger partial charge >= 0.3 is 6.18 Å². The zero-order valence-electron chi connectivity index (χ0n) is 15.5. The van der Waals surface area contributed by atoms with Gasteiger partial charge in [0.05, 0.1) is 17.7 Å². The first-order chi connectivity index (χ1) is 13.7. The molecule has 2 N–H and O–H groups in total. The van der Waals surface area contributed by atoms with Gasteiger partial charge in [0, 0.05) is 31.5 Å². The van der Waals surface area contributed by atoms with Crippen molar-refractivity contribution in [1.82, 2.24) is 10.6 Å². The van der Waals surface area contributed by atoms with Gasteiger partial charge in [-0.25, -0.2) is 0 Å². The molecule has 0 saturated carbocycles. The summed E-state index contributed by atoms with van der Waals surface area (Å²) in [5, 5.41) is 9.07. The Hall–Kier alpha value is -2.91. The molecule has 10 heteroatoms. The fourth-order valence-electron chi connectivity index (χ4n) is 3.22. The van der Waals surface area contributed by atoms with Gasteiger partial charge in [0.15, 0.2) is 5.78 Å². The third-order valence-corrected chi connectivity index (χ3v) is 4.84. The summed E-state index contributed by atoms with van der Waals surface area (Å²) < 4.78 is 39.0. The van der Waals surface area contributed by atoms with Gasteiger partial charge in [-0.15, -0.1) is 0 Å².